The lowest BCUT2D eigenvalue weighted by Crippen LogP contribution is -2.46. The number of carbonyl (C=O) groups excluding carboxylic acids is 1. The molecule has 234 valence electrons. The lowest BCUT2D eigenvalue weighted by molar-refractivity contribution is -0.121. The average Bonchev–Trinajstić information content (AvgIpc) is 3.05. The molecule has 2 heterocycles. The standard InChI is InChI=1S/C34H40N2O8/c1-40-18-5-16-36-30-21-25(9-14-31(30)44-24-33(36)37)23-43-32-22-35(34(38)39)17-15-29(32)26-10-12-28(13-11-26)42-20-6-19-41-27-7-3-2-4-8-27/h2-4,7-14,21,29,32H,5-6,15-20,22-24H2,1H3,(H,38,39). The van der Waals surface area contributed by atoms with Crippen LogP contribution in [0.5, 0.6) is 17.2 Å². The van der Waals surface area contributed by atoms with Gasteiger partial charge in [0.05, 0.1) is 38.2 Å². The molecule has 1 N–H and O–H groups in total. The number of benzene rings is 3. The molecule has 1 fully saturated rings. The molecule has 10 heteroatoms. The zero-order valence-electron chi connectivity index (χ0n) is 25.1. The maximum Gasteiger partial charge on any atom is 0.407 e. The first-order valence-electron chi connectivity index (χ1n) is 15.1. The van der Waals surface area contributed by atoms with Crippen molar-refractivity contribution in [2.75, 3.05) is 58.1 Å². The quantitative estimate of drug-likeness (QED) is 0.246. The molecule has 0 saturated carbocycles. The molecule has 3 aromatic rings. The summed E-state index contributed by atoms with van der Waals surface area (Å²) in [5, 5.41) is 9.68. The predicted octanol–water partition coefficient (Wildman–Crippen LogP) is 5.35. The Balaban J connectivity index is 1.19. The summed E-state index contributed by atoms with van der Waals surface area (Å²) < 4.78 is 28.9. The minimum Gasteiger partial charge on any atom is -0.493 e. The molecule has 0 aliphatic carbocycles. The molecule has 2 amide bonds. The summed E-state index contributed by atoms with van der Waals surface area (Å²) in [6.07, 6.45) is 0.827. The number of nitrogens with zero attached hydrogens (tertiary/aromatic N) is 2. The van der Waals surface area contributed by atoms with Crippen LogP contribution >= 0.6 is 0 Å². The van der Waals surface area contributed by atoms with Gasteiger partial charge in [0.1, 0.15) is 17.2 Å². The van der Waals surface area contributed by atoms with E-state index in [9.17, 15) is 14.7 Å². The molecule has 0 spiro atoms. The van der Waals surface area contributed by atoms with E-state index in [1.165, 1.54) is 4.90 Å². The van der Waals surface area contributed by atoms with Crippen molar-refractivity contribution >= 4 is 17.7 Å². The highest BCUT2D eigenvalue weighted by molar-refractivity contribution is 5.97. The van der Waals surface area contributed by atoms with Gasteiger partial charge in [-0.25, -0.2) is 4.79 Å². The lowest BCUT2D eigenvalue weighted by Gasteiger charge is -2.37. The molecule has 44 heavy (non-hydrogen) atoms. The van der Waals surface area contributed by atoms with Crippen molar-refractivity contribution in [1.29, 1.82) is 0 Å². The third kappa shape index (κ3) is 8.21. The van der Waals surface area contributed by atoms with Gasteiger partial charge in [0.25, 0.3) is 5.91 Å². The third-order valence-electron chi connectivity index (χ3n) is 7.87. The van der Waals surface area contributed by atoms with Crippen molar-refractivity contribution < 1.29 is 38.4 Å². The van der Waals surface area contributed by atoms with E-state index in [4.69, 9.17) is 23.7 Å². The Bertz CT molecular complexity index is 1370. The van der Waals surface area contributed by atoms with Crippen LogP contribution in [0.2, 0.25) is 0 Å². The van der Waals surface area contributed by atoms with Crippen molar-refractivity contribution in [3.63, 3.8) is 0 Å². The molecule has 2 atom stereocenters. The lowest BCUT2D eigenvalue weighted by atomic mass is 9.87. The fourth-order valence-electron chi connectivity index (χ4n) is 5.56. The Morgan fingerprint density at radius 1 is 0.955 bits per heavy atom. The van der Waals surface area contributed by atoms with Crippen LogP contribution in [-0.4, -0.2) is 81.3 Å². The van der Waals surface area contributed by atoms with Crippen LogP contribution in [0.4, 0.5) is 10.5 Å². The molecule has 2 unspecified atom stereocenters. The van der Waals surface area contributed by atoms with Crippen LogP contribution in [-0.2, 0) is 20.9 Å². The molecule has 2 aliphatic rings. The Labute approximate surface area is 258 Å². The summed E-state index contributed by atoms with van der Waals surface area (Å²) in [4.78, 5) is 27.5. The normalized spacial score (nSPS) is 18.0. The number of fused-ring (bicyclic) bond motifs is 1. The number of amides is 2. The number of ether oxygens (including phenoxy) is 5. The van der Waals surface area contributed by atoms with Crippen molar-refractivity contribution in [1.82, 2.24) is 4.90 Å². The summed E-state index contributed by atoms with van der Waals surface area (Å²) in [6, 6.07) is 23.4. The number of hydrogen-bond acceptors (Lipinski definition) is 7. The predicted molar refractivity (Wildman–Crippen MR) is 165 cm³/mol. The van der Waals surface area contributed by atoms with Crippen LogP contribution in [0.1, 0.15) is 36.3 Å². The Kier molecular flexibility index (Phi) is 10.9. The Morgan fingerprint density at radius 2 is 1.70 bits per heavy atom. The minimum absolute atomic E-state index is 0.0110. The first-order valence-corrected chi connectivity index (χ1v) is 15.1. The number of para-hydroxylation sites is 1. The van der Waals surface area contributed by atoms with E-state index in [-0.39, 0.29) is 37.7 Å². The highest BCUT2D eigenvalue weighted by Crippen LogP contribution is 2.35. The number of likely N-dealkylation sites (tertiary alicyclic amines) is 1. The smallest absolute Gasteiger partial charge is 0.407 e. The summed E-state index contributed by atoms with van der Waals surface area (Å²) >= 11 is 0. The largest absolute Gasteiger partial charge is 0.493 e. The fraction of sp³-hybridized carbons (Fsp3) is 0.412. The van der Waals surface area contributed by atoms with E-state index >= 15 is 0 Å². The topological polar surface area (TPSA) is 107 Å². The highest BCUT2D eigenvalue weighted by Gasteiger charge is 2.33. The number of carboxylic acid groups (broad SMARTS) is 1. The van der Waals surface area contributed by atoms with Crippen molar-refractivity contribution in [2.24, 2.45) is 0 Å². The Hall–Kier alpha value is -4.28. The highest BCUT2D eigenvalue weighted by atomic mass is 16.5. The van der Waals surface area contributed by atoms with Crippen molar-refractivity contribution in [3.05, 3.63) is 83.9 Å². The average molecular weight is 605 g/mol. The van der Waals surface area contributed by atoms with Gasteiger partial charge in [-0.3, -0.25) is 4.79 Å². The van der Waals surface area contributed by atoms with Gasteiger partial charge in [0.2, 0.25) is 0 Å². The molecule has 10 nitrogen and oxygen atoms in total. The van der Waals surface area contributed by atoms with Gasteiger partial charge in [-0.2, -0.15) is 0 Å². The second-order valence-corrected chi connectivity index (χ2v) is 10.9. The molecule has 5 rings (SSSR count). The third-order valence-corrected chi connectivity index (χ3v) is 7.87. The summed E-state index contributed by atoms with van der Waals surface area (Å²) in [5.74, 6) is 2.20. The molecule has 0 radical (unpaired) electrons. The second kappa shape index (κ2) is 15.4. The van der Waals surface area contributed by atoms with Crippen LogP contribution in [0.15, 0.2) is 72.8 Å². The monoisotopic (exact) mass is 604 g/mol. The van der Waals surface area contributed by atoms with Crippen LogP contribution in [0.25, 0.3) is 0 Å². The van der Waals surface area contributed by atoms with E-state index in [0.29, 0.717) is 57.2 Å². The fourth-order valence-corrected chi connectivity index (χ4v) is 5.56. The zero-order valence-corrected chi connectivity index (χ0v) is 25.1. The Morgan fingerprint density at radius 3 is 2.43 bits per heavy atom. The van der Waals surface area contributed by atoms with Gasteiger partial charge >= 0.3 is 6.09 Å². The van der Waals surface area contributed by atoms with E-state index < -0.39 is 6.09 Å². The molecule has 0 bridgehead atoms. The van der Waals surface area contributed by atoms with E-state index in [1.54, 1.807) is 12.0 Å². The van der Waals surface area contributed by atoms with Crippen LogP contribution in [0, 0.1) is 0 Å². The number of methoxy groups -OCH3 is 1. The second-order valence-electron chi connectivity index (χ2n) is 10.9. The van der Waals surface area contributed by atoms with Gasteiger partial charge in [-0.1, -0.05) is 36.4 Å². The maximum atomic E-state index is 12.6. The van der Waals surface area contributed by atoms with Gasteiger partial charge in [-0.05, 0) is 60.4 Å². The van der Waals surface area contributed by atoms with E-state index in [1.807, 2.05) is 72.8 Å². The molecule has 0 aromatic heterocycles. The maximum absolute atomic E-state index is 12.6. The first-order chi connectivity index (χ1) is 21.5. The minimum atomic E-state index is -0.951. The molecule has 2 aliphatic heterocycles. The van der Waals surface area contributed by atoms with Crippen LogP contribution < -0.4 is 19.1 Å². The van der Waals surface area contributed by atoms with Crippen molar-refractivity contribution in [3.8, 4) is 17.2 Å². The number of rotatable bonds is 14. The van der Waals surface area contributed by atoms with Crippen LogP contribution in [0.3, 0.4) is 0 Å². The number of carbonyl (C=O) groups is 2. The molecular weight excluding hydrogens is 564 g/mol. The SMILES string of the molecule is COCCCN1C(=O)COc2ccc(COC3CN(C(=O)O)CCC3c3ccc(OCCCOc4ccccc4)cc3)cc21. The first kappa shape index (κ1) is 31.2. The molecule has 1 saturated heterocycles. The van der Waals surface area contributed by atoms with E-state index in [0.717, 1.165) is 29.0 Å². The molecule has 3 aromatic carbocycles. The summed E-state index contributed by atoms with van der Waals surface area (Å²) in [6.45, 7) is 3.20. The zero-order chi connectivity index (χ0) is 30.7. The molecular formula is C34H40N2O8. The number of anilines is 1. The summed E-state index contributed by atoms with van der Waals surface area (Å²) in [5.41, 5.74) is 2.67. The number of piperidine rings is 1. The van der Waals surface area contributed by atoms with Gasteiger partial charge in [0, 0.05) is 39.1 Å². The van der Waals surface area contributed by atoms with Gasteiger partial charge < -0.3 is 38.6 Å². The summed E-state index contributed by atoms with van der Waals surface area (Å²) in [7, 11) is 1.64. The van der Waals surface area contributed by atoms with Gasteiger partial charge in [0.15, 0.2) is 6.61 Å². The van der Waals surface area contributed by atoms with Crippen molar-refractivity contribution in [2.45, 2.75) is 37.9 Å². The van der Waals surface area contributed by atoms with Gasteiger partial charge in [-0.15, -0.1) is 0 Å². The number of hydrogen-bond donors (Lipinski definition) is 1. The van der Waals surface area contributed by atoms with E-state index in [2.05, 4.69) is 0 Å².